The Morgan fingerprint density at radius 1 is 1.30 bits per heavy atom. The van der Waals surface area contributed by atoms with Gasteiger partial charge in [-0.2, -0.15) is 22.7 Å². The molecule has 0 aliphatic rings. The molecule has 0 unspecified atom stereocenters. The average molecular weight is 354 g/mol. The first-order chi connectivity index (χ1) is 10.6. The summed E-state index contributed by atoms with van der Waals surface area (Å²) in [5.41, 5.74) is -1.27. The van der Waals surface area contributed by atoms with Gasteiger partial charge in [-0.25, -0.2) is 12.8 Å². The van der Waals surface area contributed by atoms with Crippen LogP contribution >= 0.6 is 0 Å². The normalized spacial score (nSPS) is 12.4. The molecule has 0 heterocycles. The molecule has 128 valence electrons. The highest BCUT2D eigenvalue weighted by Gasteiger charge is 2.34. The summed E-state index contributed by atoms with van der Waals surface area (Å²) in [5.74, 6) is -1.29. The van der Waals surface area contributed by atoms with Gasteiger partial charge in [0, 0.05) is 26.6 Å². The van der Waals surface area contributed by atoms with Crippen LogP contribution in [0.4, 0.5) is 17.6 Å². The van der Waals surface area contributed by atoms with Gasteiger partial charge in [0.25, 0.3) is 0 Å². The van der Waals surface area contributed by atoms with Crippen molar-refractivity contribution in [1.29, 1.82) is 5.26 Å². The number of hydrogen-bond acceptors (Lipinski definition) is 4. The number of nitrogens with zero attached hydrogens (tertiary/aromatic N) is 2. The van der Waals surface area contributed by atoms with E-state index in [4.69, 9.17) is 10.00 Å². The Morgan fingerprint density at radius 2 is 1.96 bits per heavy atom. The van der Waals surface area contributed by atoms with Crippen LogP contribution in [-0.4, -0.2) is 39.5 Å². The van der Waals surface area contributed by atoms with Crippen LogP contribution in [0.3, 0.4) is 0 Å². The number of ether oxygens (including phenoxy) is 1. The quantitative estimate of drug-likeness (QED) is 0.705. The molecule has 0 fully saturated rings. The molecule has 0 amide bonds. The van der Waals surface area contributed by atoms with Crippen molar-refractivity contribution in [3.63, 3.8) is 0 Å². The monoisotopic (exact) mass is 354 g/mol. The lowest BCUT2D eigenvalue weighted by Gasteiger charge is -2.21. The van der Waals surface area contributed by atoms with Gasteiger partial charge >= 0.3 is 6.18 Å². The Morgan fingerprint density at radius 3 is 2.48 bits per heavy atom. The molecule has 1 aromatic carbocycles. The smallest absolute Gasteiger partial charge is 0.383 e. The zero-order valence-corrected chi connectivity index (χ0v) is 12.9. The fourth-order valence-corrected chi connectivity index (χ4v) is 3.25. The summed E-state index contributed by atoms with van der Waals surface area (Å²) in [7, 11) is -3.23. The standard InChI is InChI=1S/C13H14F4N2O3S/c1-22-8-7-19(6-2-5-18)23(20,21)12-9-10(13(15,16)17)3-4-11(12)14/h3-4,9H,2,6-8H2,1H3. The first-order valence-electron chi connectivity index (χ1n) is 6.37. The van der Waals surface area contributed by atoms with Crippen LogP contribution in [0.1, 0.15) is 12.0 Å². The Bertz CT molecular complexity index is 683. The number of halogens is 4. The number of rotatable bonds is 7. The number of hydrogen-bond donors (Lipinski definition) is 0. The summed E-state index contributed by atoms with van der Waals surface area (Å²) in [6.45, 7) is -0.542. The van der Waals surface area contributed by atoms with Crippen molar-refractivity contribution in [1.82, 2.24) is 4.31 Å². The summed E-state index contributed by atoms with van der Waals surface area (Å²) in [4.78, 5) is -1.08. The molecule has 0 aliphatic carbocycles. The lowest BCUT2D eigenvalue weighted by atomic mass is 10.2. The zero-order chi connectivity index (χ0) is 17.7. The molecule has 0 saturated heterocycles. The van der Waals surface area contributed by atoms with E-state index < -0.39 is 32.5 Å². The summed E-state index contributed by atoms with van der Waals surface area (Å²) in [6, 6.07) is 2.89. The number of sulfonamides is 1. The second kappa shape index (κ2) is 7.72. The van der Waals surface area contributed by atoms with Gasteiger partial charge in [0.2, 0.25) is 10.0 Å². The third-order valence-electron chi connectivity index (χ3n) is 2.89. The van der Waals surface area contributed by atoms with Crippen LogP contribution in [0, 0.1) is 17.1 Å². The summed E-state index contributed by atoms with van der Waals surface area (Å²) < 4.78 is 82.1. The molecule has 0 atom stereocenters. The van der Waals surface area contributed by atoms with Gasteiger partial charge in [0.05, 0.1) is 18.2 Å². The van der Waals surface area contributed by atoms with Crippen LogP contribution < -0.4 is 0 Å². The molecule has 10 heteroatoms. The van der Waals surface area contributed by atoms with Gasteiger partial charge < -0.3 is 4.74 Å². The molecule has 5 nitrogen and oxygen atoms in total. The van der Waals surface area contributed by atoms with Crippen LogP contribution in [0.5, 0.6) is 0 Å². The van der Waals surface area contributed by atoms with Crippen LogP contribution in [0.25, 0.3) is 0 Å². The molecule has 0 N–H and O–H groups in total. The lowest BCUT2D eigenvalue weighted by molar-refractivity contribution is -0.137. The van der Waals surface area contributed by atoms with Crippen molar-refractivity contribution < 1.29 is 30.7 Å². The third kappa shape index (κ3) is 4.89. The van der Waals surface area contributed by atoms with E-state index in [2.05, 4.69) is 0 Å². The fraction of sp³-hybridized carbons (Fsp3) is 0.462. The molecule has 1 rings (SSSR count). The second-order valence-electron chi connectivity index (χ2n) is 4.45. The third-order valence-corrected chi connectivity index (χ3v) is 4.81. The molecule has 0 saturated carbocycles. The predicted octanol–water partition coefficient (Wildman–Crippen LogP) is 2.40. The van der Waals surface area contributed by atoms with E-state index in [-0.39, 0.29) is 32.2 Å². The van der Waals surface area contributed by atoms with Gasteiger partial charge in [-0.15, -0.1) is 0 Å². The molecule has 23 heavy (non-hydrogen) atoms. The summed E-state index contributed by atoms with van der Waals surface area (Å²) in [5, 5.41) is 8.56. The topological polar surface area (TPSA) is 70.4 Å². The molecular formula is C13H14F4N2O3S. The Balaban J connectivity index is 3.30. The summed E-state index contributed by atoms with van der Waals surface area (Å²) in [6.07, 6.45) is -4.99. The van der Waals surface area contributed by atoms with E-state index in [0.717, 1.165) is 4.31 Å². The predicted molar refractivity (Wildman–Crippen MR) is 72.3 cm³/mol. The molecule has 1 aromatic rings. The minimum atomic E-state index is -4.80. The van der Waals surface area contributed by atoms with E-state index in [1.54, 1.807) is 6.07 Å². The average Bonchev–Trinajstić information content (AvgIpc) is 2.46. The number of methoxy groups -OCH3 is 1. The first kappa shape index (κ1) is 19.3. The maximum atomic E-state index is 13.8. The maximum Gasteiger partial charge on any atom is 0.416 e. The van der Waals surface area contributed by atoms with Crippen molar-refractivity contribution in [3.05, 3.63) is 29.6 Å². The molecule has 0 aromatic heterocycles. The zero-order valence-electron chi connectivity index (χ0n) is 12.1. The second-order valence-corrected chi connectivity index (χ2v) is 6.35. The van der Waals surface area contributed by atoms with Gasteiger partial charge in [0.1, 0.15) is 10.7 Å². The molecule has 0 bridgehead atoms. The number of alkyl halides is 3. The van der Waals surface area contributed by atoms with Crippen molar-refractivity contribution in [3.8, 4) is 6.07 Å². The number of nitriles is 1. The molecule has 0 spiro atoms. The van der Waals surface area contributed by atoms with Crippen LogP contribution in [0.15, 0.2) is 23.1 Å². The minimum Gasteiger partial charge on any atom is -0.383 e. The van der Waals surface area contributed by atoms with Gasteiger partial charge in [-0.1, -0.05) is 0 Å². The van der Waals surface area contributed by atoms with Gasteiger partial charge in [-0.05, 0) is 18.2 Å². The largest absolute Gasteiger partial charge is 0.416 e. The molecule has 0 radical (unpaired) electrons. The van der Waals surface area contributed by atoms with Gasteiger partial charge in [-0.3, -0.25) is 0 Å². The van der Waals surface area contributed by atoms with Crippen molar-refractivity contribution in [2.75, 3.05) is 26.8 Å². The van der Waals surface area contributed by atoms with Crippen molar-refractivity contribution in [2.24, 2.45) is 0 Å². The highest BCUT2D eigenvalue weighted by molar-refractivity contribution is 7.89. The van der Waals surface area contributed by atoms with Crippen molar-refractivity contribution >= 4 is 10.0 Å². The Hall–Kier alpha value is -1.70. The Kier molecular flexibility index (Phi) is 6.49. The Labute approximate surface area is 131 Å². The molecular weight excluding hydrogens is 340 g/mol. The maximum absolute atomic E-state index is 13.8. The summed E-state index contributed by atoms with van der Waals surface area (Å²) >= 11 is 0. The number of benzene rings is 1. The van der Waals surface area contributed by atoms with Crippen molar-refractivity contribution in [2.45, 2.75) is 17.5 Å². The minimum absolute atomic E-state index is 0.0504. The van der Waals surface area contributed by atoms with E-state index in [0.29, 0.717) is 12.1 Å². The highest BCUT2D eigenvalue weighted by Crippen LogP contribution is 2.32. The van der Waals surface area contributed by atoms with E-state index in [1.165, 1.54) is 7.11 Å². The van der Waals surface area contributed by atoms with E-state index >= 15 is 0 Å². The van der Waals surface area contributed by atoms with Crippen LogP contribution in [-0.2, 0) is 20.9 Å². The SMILES string of the molecule is COCCN(CCC#N)S(=O)(=O)c1cc(C(F)(F)F)ccc1F. The highest BCUT2D eigenvalue weighted by atomic mass is 32.2. The first-order valence-corrected chi connectivity index (χ1v) is 7.81. The van der Waals surface area contributed by atoms with E-state index in [1.807, 2.05) is 0 Å². The lowest BCUT2D eigenvalue weighted by Crippen LogP contribution is -2.35. The van der Waals surface area contributed by atoms with Gasteiger partial charge in [0.15, 0.2) is 0 Å². The fourth-order valence-electron chi connectivity index (χ4n) is 1.74. The van der Waals surface area contributed by atoms with Crippen LogP contribution in [0.2, 0.25) is 0 Å². The molecule has 0 aliphatic heterocycles. The van der Waals surface area contributed by atoms with E-state index in [9.17, 15) is 26.0 Å².